The number of carbonyl (C=O) groups is 2. The molecule has 0 saturated carbocycles. The molecule has 26 heavy (non-hydrogen) atoms. The monoisotopic (exact) mass is 366 g/mol. The first-order chi connectivity index (χ1) is 12.5. The van der Waals surface area contributed by atoms with Crippen LogP contribution in [0.3, 0.4) is 0 Å². The minimum Gasteiger partial charge on any atom is -0.497 e. The van der Waals surface area contributed by atoms with Gasteiger partial charge in [0.2, 0.25) is 0 Å². The van der Waals surface area contributed by atoms with Gasteiger partial charge in [0.25, 0.3) is 6.47 Å². The Hall–Kier alpha value is -2.58. The van der Waals surface area contributed by atoms with Crippen LogP contribution in [0, 0.1) is 0 Å². The average molecular weight is 366 g/mol. The van der Waals surface area contributed by atoms with E-state index in [9.17, 15) is 4.79 Å². The number of benzene rings is 1. The molecule has 0 bridgehead atoms. The molecule has 0 unspecified atom stereocenters. The lowest BCUT2D eigenvalue weighted by molar-refractivity contribution is -0.122. The molecule has 0 aliphatic rings. The lowest BCUT2D eigenvalue weighted by Crippen LogP contribution is -2.16. The predicted molar refractivity (Wildman–Crippen MR) is 98.1 cm³/mol. The van der Waals surface area contributed by atoms with Crippen molar-refractivity contribution in [3.05, 3.63) is 30.0 Å². The summed E-state index contributed by atoms with van der Waals surface area (Å²) in [6, 6.07) is 5.68. The molecule has 0 aliphatic heterocycles. The third-order valence-electron chi connectivity index (χ3n) is 3.63. The van der Waals surface area contributed by atoms with Crippen molar-refractivity contribution >= 4 is 23.5 Å². The molecule has 144 valence electrons. The van der Waals surface area contributed by atoms with Gasteiger partial charge in [0, 0.05) is 25.2 Å². The first kappa shape index (κ1) is 21.5. The third kappa shape index (κ3) is 6.05. The van der Waals surface area contributed by atoms with Crippen molar-refractivity contribution in [2.24, 2.45) is 0 Å². The molecule has 0 amide bonds. The summed E-state index contributed by atoms with van der Waals surface area (Å²) in [7, 11) is 7.26. The van der Waals surface area contributed by atoms with E-state index in [1.54, 1.807) is 18.8 Å². The van der Waals surface area contributed by atoms with Gasteiger partial charge in [-0.15, -0.1) is 0 Å². The maximum Gasteiger partial charge on any atom is 0.418 e. The summed E-state index contributed by atoms with van der Waals surface area (Å²) < 4.78 is 17.0. The molecular formula is C18H26N2O6. The first-order valence-electron chi connectivity index (χ1n) is 8.05. The molecule has 1 N–H and O–H groups in total. The van der Waals surface area contributed by atoms with Crippen LogP contribution in [-0.2, 0) is 20.7 Å². The maximum absolute atomic E-state index is 12.3. The molecule has 0 saturated heterocycles. The van der Waals surface area contributed by atoms with Gasteiger partial charge in [0.05, 0.1) is 19.2 Å². The normalized spacial score (nSPS) is 10.3. The molecule has 0 aliphatic carbocycles. The average Bonchev–Trinajstić information content (AvgIpc) is 2.98. The van der Waals surface area contributed by atoms with E-state index in [1.807, 2.05) is 38.5 Å². The third-order valence-corrected chi connectivity index (χ3v) is 3.63. The number of carbonyl (C=O) groups excluding carboxylic acids is 1. The van der Waals surface area contributed by atoms with E-state index in [-0.39, 0.29) is 13.1 Å². The minimum absolute atomic E-state index is 0.234. The Balaban J connectivity index is 0.00000105. The van der Waals surface area contributed by atoms with Crippen molar-refractivity contribution in [2.75, 3.05) is 48.1 Å². The number of hydrogen-bond donors (Lipinski definition) is 1. The van der Waals surface area contributed by atoms with Gasteiger partial charge in [0.1, 0.15) is 12.4 Å². The molecule has 2 aromatic rings. The molecule has 0 radical (unpaired) electrons. The molecule has 0 spiro atoms. The van der Waals surface area contributed by atoms with Gasteiger partial charge < -0.3 is 24.2 Å². The number of methoxy groups -OCH3 is 2. The van der Waals surface area contributed by atoms with Crippen LogP contribution >= 0.6 is 0 Å². The van der Waals surface area contributed by atoms with Crippen molar-refractivity contribution in [1.82, 2.24) is 9.47 Å². The highest BCUT2D eigenvalue weighted by Crippen LogP contribution is 2.26. The van der Waals surface area contributed by atoms with Crippen LogP contribution in [0.1, 0.15) is 5.56 Å². The number of hydrogen-bond acceptors (Lipinski definition) is 6. The largest absolute Gasteiger partial charge is 0.497 e. The van der Waals surface area contributed by atoms with E-state index in [2.05, 4.69) is 4.90 Å². The topological polar surface area (TPSA) is 90.2 Å². The first-order valence-corrected chi connectivity index (χ1v) is 8.05. The molecule has 1 heterocycles. The lowest BCUT2D eigenvalue weighted by atomic mass is 10.1. The summed E-state index contributed by atoms with van der Waals surface area (Å²) >= 11 is 0. The van der Waals surface area contributed by atoms with Crippen LogP contribution < -0.4 is 4.74 Å². The van der Waals surface area contributed by atoms with Crippen molar-refractivity contribution in [1.29, 1.82) is 0 Å². The smallest absolute Gasteiger partial charge is 0.418 e. The van der Waals surface area contributed by atoms with Crippen LogP contribution in [0.2, 0.25) is 0 Å². The Morgan fingerprint density at radius 2 is 1.96 bits per heavy atom. The molecule has 2 rings (SSSR count). The fraction of sp³-hybridized carbons (Fsp3) is 0.444. The summed E-state index contributed by atoms with van der Waals surface area (Å²) in [5, 5.41) is 7.90. The Labute approximate surface area is 152 Å². The molecule has 8 nitrogen and oxygen atoms in total. The number of ether oxygens (including phenoxy) is 3. The van der Waals surface area contributed by atoms with Gasteiger partial charge in [-0.05, 0) is 44.3 Å². The number of carboxylic acid groups (broad SMARTS) is 1. The van der Waals surface area contributed by atoms with E-state index in [0.29, 0.717) is 6.61 Å². The Morgan fingerprint density at radius 3 is 2.54 bits per heavy atom. The fourth-order valence-corrected chi connectivity index (χ4v) is 2.38. The highest BCUT2D eigenvalue weighted by molar-refractivity contribution is 5.92. The summed E-state index contributed by atoms with van der Waals surface area (Å²) in [6.45, 7) is 1.26. The summed E-state index contributed by atoms with van der Waals surface area (Å²) in [4.78, 5) is 22.8. The summed E-state index contributed by atoms with van der Waals surface area (Å²) in [6.07, 6.45) is 2.30. The molecule has 0 atom stereocenters. The second-order valence-electron chi connectivity index (χ2n) is 5.67. The zero-order chi connectivity index (χ0) is 19.5. The van der Waals surface area contributed by atoms with Crippen molar-refractivity contribution in [2.45, 2.75) is 6.42 Å². The zero-order valence-electron chi connectivity index (χ0n) is 15.6. The number of fused-ring (bicyclic) bond motifs is 1. The molecular weight excluding hydrogens is 340 g/mol. The maximum atomic E-state index is 12.3. The Bertz CT molecular complexity index is 711. The quantitative estimate of drug-likeness (QED) is 0.593. The Kier molecular flexibility index (Phi) is 9.18. The van der Waals surface area contributed by atoms with Gasteiger partial charge >= 0.3 is 6.09 Å². The summed E-state index contributed by atoms with van der Waals surface area (Å²) in [5.74, 6) is 0.772. The molecule has 0 fully saturated rings. The van der Waals surface area contributed by atoms with Crippen LogP contribution in [0.25, 0.3) is 10.9 Å². The second kappa shape index (κ2) is 11.1. The standard InChI is InChI=1S/C17H24N2O4.CH2O2/c1-18(2)8-7-13-12-19(17(20)23-10-9-21-3)16-6-5-14(22-4)11-15(13)16;2-1-3/h5-6,11-12H,7-10H2,1-4H3;1H,(H,2,3). The van der Waals surface area contributed by atoms with Crippen LogP contribution in [-0.4, -0.2) is 75.2 Å². The molecule has 8 heteroatoms. The van der Waals surface area contributed by atoms with E-state index >= 15 is 0 Å². The van der Waals surface area contributed by atoms with E-state index in [0.717, 1.165) is 35.2 Å². The number of aromatic nitrogens is 1. The lowest BCUT2D eigenvalue weighted by Gasteiger charge is -2.08. The van der Waals surface area contributed by atoms with E-state index in [4.69, 9.17) is 24.1 Å². The molecule has 1 aromatic carbocycles. The van der Waals surface area contributed by atoms with Crippen LogP contribution in [0.15, 0.2) is 24.4 Å². The Morgan fingerprint density at radius 1 is 1.27 bits per heavy atom. The van der Waals surface area contributed by atoms with Crippen LogP contribution in [0.4, 0.5) is 4.79 Å². The SMILES string of the molecule is COCCOC(=O)n1cc(CCN(C)C)c2cc(OC)ccc21.O=CO. The summed E-state index contributed by atoms with van der Waals surface area (Å²) in [5.41, 5.74) is 1.92. The van der Waals surface area contributed by atoms with E-state index in [1.165, 1.54) is 0 Å². The van der Waals surface area contributed by atoms with Gasteiger partial charge in [-0.25, -0.2) is 4.79 Å². The van der Waals surface area contributed by atoms with Crippen molar-refractivity contribution < 1.29 is 28.9 Å². The molecule has 1 aromatic heterocycles. The second-order valence-corrected chi connectivity index (χ2v) is 5.67. The highest BCUT2D eigenvalue weighted by Gasteiger charge is 2.15. The minimum atomic E-state index is -0.395. The van der Waals surface area contributed by atoms with Gasteiger partial charge in [-0.2, -0.15) is 0 Å². The van der Waals surface area contributed by atoms with Crippen molar-refractivity contribution in [3.63, 3.8) is 0 Å². The van der Waals surface area contributed by atoms with Gasteiger partial charge in [-0.3, -0.25) is 9.36 Å². The van der Waals surface area contributed by atoms with Crippen molar-refractivity contribution in [3.8, 4) is 5.75 Å². The highest BCUT2D eigenvalue weighted by atomic mass is 16.6. The fourth-order valence-electron chi connectivity index (χ4n) is 2.38. The zero-order valence-corrected chi connectivity index (χ0v) is 15.6. The van der Waals surface area contributed by atoms with Gasteiger partial charge in [-0.1, -0.05) is 0 Å². The van der Waals surface area contributed by atoms with E-state index < -0.39 is 6.09 Å². The van der Waals surface area contributed by atoms with Gasteiger partial charge in [0.15, 0.2) is 0 Å². The number of nitrogens with zero attached hydrogens (tertiary/aromatic N) is 2. The number of rotatable bonds is 7. The van der Waals surface area contributed by atoms with Crippen LogP contribution in [0.5, 0.6) is 5.75 Å². The predicted octanol–water partition coefficient (Wildman–Crippen LogP) is 2.09. The number of likely N-dealkylation sites (N-methyl/N-ethyl adjacent to an activating group) is 1.